The van der Waals surface area contributed by atoms with Gasteiger partial charge in [-0.2, -0.15) is 0 Å². The summed E-state index contributed by atoms with van der Waals surface area (Å²) < 4.78 is 2.67. The van der Waals surface area contributed by atoms with E-state index in [0.717, 1.165) is 37.1 Å². The van der Waals surface area contributed by atoms with Gasteiger partial charge in [0.25, 0.3) is 0 Å². The Morgan fingerprint density at radius 3 is 1.94 bits per heavy atom. The molecule has 0 saturated carbocycles. The Balaban J connectivity index is 1.08. The van der Waals surface area contributed by atoms with Crippen LogP contribution in [0.5, 0.6) is 0 Å². The number of thiophene rings is 1. The van der Waals surface area contributed by atoms with Crippen molar-refractivity contribution < 1.29 is 0 Å². The van der Waals surface area contributed by atoms with Crippen molar-refractivity contribution in [2.24, 2.45) is 0 Å². The van der Waals surface area contributed by atoms with Gasteiger partial charge in [-0.15, -0.1) is 11.3 Å². The highest BCUT2D eigenvalue weighted by molar-refractivity contribution is 7.25. The van der Waals surface area contributed by atoms with Crippen LogP contribution >= 0.6 is 11.3 Å². The van der Waals surface area contributed by atoms with E-state index in [0.29, 0.717) is 0 Å². The highest BCUT2D eigenvalue weighted by atomic mass is 32.1. The molecule has 0 fully saturated rings. The Hall–Kier alpha value is -5.44. The largest absolute Gasteiger partial charge is 0.310 e. The lowest BCUT2D eigenvalue weighted by molar-refractivity contribution is 0.962. The van der Waals surface area contributed by atoms with E-state index >= 15 is 0 Å². The standard InChI is InChI=1S/C46H35NS/c1-2-9-32(10-3-1)33-17-19-34(20-18-33)35-21-26-39(27-22-35)47(44-15-8-12-37-11-4-5-13-41(37)44)40-28-23-36(24-29-40)38-25-30-46-43(31-38)42-14-6-7-16-45(42)48-46/h2,4-17,19,21-31H,1,3,18,20H2. The molecule has 0 atom stereocenters. The second-order valence-corrected chi connectivity index (χ2v) is 13.8. The fraction of sp³-hybridized carbons (Fsp3) is 0.0870. The Labute approximate surface area is 286 Å². The van der Waals surface area contributed by atoms with Crippen LogP contribution in [0.1, 0.15) is 31.2 Å². The molecule has 2 heteroatoms. The number of hydrogen-bond acceptors (Lipinski definition) is 2. The third-order valence-corrected chi connectivity index (χ3v) is 11.0. The lowest BCUT2D eigenvalue weighted by Crippen LogP contribution is -2.10. The van der Waals surface area contributed by atoms with Gasteiger partial charge < -0.3 is 4.90 Å². The zero-order valence-electron chi connectivity index (χ0n) is 26.8. The highest BCUT2D eigenvalue weighted by Gasteiger charge is 2.17. The van der Waals surface area contributed by atoms with Gasteiger partial charge in [0.1, 0.15) is 0 Å². The lowest BCUT2D eigenvalue weighted by Gasteiger charge is -2.27. The molecule has 0 bridgehead atoms. The number of benzene rings is 6. The zero-order valence-corrected chi connectivity index (χ0v) is 27.6. The van der Waals surface area contributed by atoms with Gasteiger partial charge in [0.2, 0.25) is 0 Å². The molecule has 9 rings (SSSR count). The molecule has 48 heavy (non-hydrogen) atoms. The van der Waals surface area contributed by atoms with E-state index in [1.165, 1.54) is 70.0 Å². The third-order valence-electron chi connectivity index (χ3n) is 9.85. The van der Waals surface area contributed by atoms with E-state index in [9.17, 15) is 0 Å². The molecule has 2 aliphatic rings. The second-order valence-electron chi connectivity index (χ2n) is 12.8. The zero-order chi connectivity index (χ0) is 31.9. The highest BCUT2D eigenvalue weighted by Crippen LogP contribution is 2.41. The molecule has 0 spiro atoms. The Kier molecular flexibility index (Phi) is 7.37. The van der Waals surface area contributed by atoms with Crippen LogP contribution in [0.25, 0.3) is 47.6 Å². The van der Waals surface area contributed by atoms with Crippen molar-refractivity contribution >= 4 is 64.9 Å². The minimum absolute atomic E-state index is 1.07. The molecule has 7 aromatic rings. The third kappa shape index (κ3) is 5.29. The molecule has 230 valence electrons. The topological polar surface area (TPSA) is 3.24 Å². The van der Waals surface area contributed by atoms with Crippen LogP contribution in [0.3, 0.4) is 0 Å². The van der Waals surface area contributed by atoms with E-state index in [4.69, 9.17) is 0 Å². The Bertz CT molecular complexity index is 2430. The first-order valence-corrected chi connectivity index (χ1v) is 17.8. The van der Waals surface area contributed by atoms with E-state index in [-0.39, 0.29) is 0 Å². The average Bonchev–Trinajstić information content (AvgIpc) is 3.54. The van der Waals surface area contributed by atoms with Crippen LogP contribution in [0.2, 0.25) is 0 Å². The van der Waals surface area contributed by atoms with Crippen molar-refractivity contribution in [2.45, 2.75) is 25.7 Å². The predicted molar refractivity (Wildman–Crippen MR) is 209 cm³/mol. The smallest absolute Gasteiger partial charge is 0.0540 e. The van der Waals surface area contributed by atoms with Crippen LogP contribution in [-0.4, -0.2) is 0 Å². The molecule has 0 amide bonds. The van der Waals surface area contributed by atoms with Gasteiger partial charge in [0, 0.05) is 36.9 Å². The van der Waals surface area contributed by atoms with Crippen molar-refractivity contribution in [2.75, 3.05) is 4.90 Å². The van der Waals surface area contributed by atoms with E-state index in [1.807, 2.05) is 11.3 Å². The first-order valence-electron chi connectivity index (χ1n) is 17.0. The molecule has 6 aromatic carbocycles. The molecule has 0 aliphatic heterocycles. The molecule has 0 unspecified atom stereocenters. The van der Waals surface area contributed by atoms with Crippen molar-refractivity contribution in [1.82, 2.24) is 0 Å². The average molecular weight is 634 g/mol. The maximum absolute atomic E-state index is 2.40. The maximum Gasteiger partial charge on any atom is 0.0540 e. The van der Waals surface area contributed by atoms with Crippen LogP contribution in [0.15, 0.2) is 175 Å². The van der Waals surface area contributed by atoms with Gasteiger partial charge >= 0.3 is 0 Å². The molecule has 1 aromatic heterocycles. The predicted octanol–water partition coefficient (Wildman–Crippen LogP) is 13.7. The van der Waals surface area contributed by atoms with E-state index in [1.54, 1.807) is 0 Å². The normalized spacial score (nSPS) is 14.6. The summed E-state index contributed by atoms with van der Waals surface area (Å²) >= 11 is 1.87. The first-order chi connectivity index (χ1) is 23.8. The molecule has 2 aliphatic carbocycles. The summed E-state index contributed by atoms with van der Waals surface area (Å²) in [4.78, 5) is 2.40. The summed E-state index contributed by atoms with van der Waals surface area (Å²) in [6.07, 6.45) is 16.1. The minimum atomic E-state index is 1.07. The number of allylic oxidation sites excluding steroid dienone is 8. The molecule has 1 nitrogen and oxygen atoms in total. The summed E-state index contributed by atoms with van der Waals surface area (Å²) in [6.45, 7) is 0. The molecule has 1 heterocycles. The SMILES string of the molecule is C1=CC(C2=CC=C(c3ccc(N(c4ccc(-c5ccc6sc7ccccc7c6c5)cc4)c4cccc5ccccc45)cc3)CC2)=CCC1. The summed E-state index contributed by atoms with van der Waals surface area (Å²) in [6, 6.07) is 49.1. The van der Waals surface area contributed by atoms with Gasteiger partial charge in [0.15, 0.2) is 0 Å². The molecule has 0 saturated heterocycles. The van der Waals surface area contributed by atoms with Gasteiger partial charge in [0.05, 0.1) is 5.69 Å². The van der Waals surface area contributed by atoms with Gasteiger partial charge in [-0.05, 0) is 113 Å². The van der Waals surface area contributed by atoms with Gasteiger partial charge in [-0.1, -0.05) is 115 Å². The van der Waals surface area contributed by atoms with Crippen LogP contribution in [0, 0.1) is 0 Å². The number of fused-ring (bicyclic) bond motifs is 4. The fourth-order valence-electron chi connectivity index (χ4n) is 7.33. The fourth-order valence-corrected chi connectivity index (χ4v) is 8.42. The minimum Gasteiger partial charge on any atom is -0.310 e. The van der Waals surface area contributed by atoms with E-state index in [2.05, 4.69) is 169 Å². The Morgan fingerprint density at radius 2 is 1.17 bits per heavy atom. The van der Waals surface area contributed by atoms with Crippen LogP contribution in [0.4, 0.5) is 17.1 Å². The van der Waals surface area contributed by atoms with Gasteiger partial charge in [-0.25, -0.2) is 0 Å². The molecule has 0 N–H and O–H groups in total. The second kappa shape index (κ2) is 12.3. The number of hydrogen-bond donors (Lipinski definition) is 0. The summed E-state index contributed by atoms with van der Waals surface area (Å²) in [5, 5.41) is 5.14. The lowest BCUT2D eigenvalue weighted by atomic mass is 9.88. The van der Waals surface area contributed by atoms with Crippen molar-refractivity contribution in [3.8, 4) is 11.1 Å². The maximum atomic E-state index is 2.40. The molecule has 0 radical (unpaired) electrons. The van der Waals surface area contributed by atoms with Crippen molar-refractivity contribution in [1.29, 1.82) is 0 Å². The van der Waals surface area contributed by atoms with Crippen LogP contribution in [-0.2, 0) is 0 Å². The summed E-state index contributed by atoms with van der Waals surface area (Å²) in [5.41, 5.74) is 11.5. The summed E-state index contributed by atoms with van der Waals surface area (Å²) in [7, 11) is 0. The quantitative estimate of drug-likeness (QED) is 0.176. The van der Waals surface area contributed by atoms with E-state index < -0.39 is 0 Å². The number of nitrogens with zero attached hydrogens (tertiary/aromatic N) is 1. The first kappa shape index (κ1) is 28.8. The Morgan fingerprint density at radius 1 is 0.500 bits per heavy atom. The molecular formula is C46H35NS. The number of rotatable bonds is 6. The van der Waals surface area contributed by atoms with Crippen molar-refractivity contribution in [3.05, 3.63) is 181 Å². The van der Waals surface area contributed by atoms with Gasteiger partial charge in [-0.3, -0.25) is 0 Å². The monoisotopic (exact) mass is 633 g/mol. The molecular weight excluding hydrogens is 599 g/mol. The number of anilines is 3. The van der Waals surface area contributed by atoms with Crippen LogP contribution < -0.4 is 4.90 Å². The van der Waals surface area contributed by atoms with Crippen molar-refractivity contribution in [3.63, 3.8) is 0 Å². The summed E-state index contributed by atoms with van der Waals surface area (Å²) in [5.74, 6) is 0.